The highest BCUT2D eigenvalue weighted by Crippen LogP contribution is 2.40. The molecule has 0 spiro atoms. The molecule has 0 aliphatic carbocycles. The highest BCUT2D eigenvalue weighted by Gasteiger charge is 2.45. The maximum atomic E-state index is 13.5. The Kier molecular flexibility index (Phi) is 8.89. The highest BCUT2D eigenvalue weighted by molar-refractivity contribution is 6.42. The molecule has 0 aromatic heterocycles. The van der Waals surface area contributed by atoms with Crippen LogP contribution in [-0.2, 0) is 25.3 Å². The predicted molar refractivity (Wildman–Crippen MR) is 163 cm³/mol. The molecule has 42 heavy (non-hydrogen) atoms. The van der Waals surface area contributed by atoms with Gasteiger partial charge in [0.2, 0.25) is 11.8 Å². The summed E-state index contributed by atoms with van der Waals surface area (Å²) in [6.07, 6.45) is 1.86. The van der Waals surface area contributed by atoms with Gasteiger partial charge in [0.15, 0.2) is 0 Å². The summed E-state index contributed by atoms with van der Waals surface area (Å²) in [7, 11) is 0. The number of piperidine rings is 1. The molecule has 3 amide bonds. The number of rotatable bonds is 8. The molecule has 0 unspecified atom stereocenters. The SMILES string of the molecule is CC(=O)Nc1ccc(C(=O)N2CO[C@](CCN3CCC(C(N)=O)(c4ccccc4)CC3)(c3ccc(Cl)c(Cl)c3)C2)cc1. The molecular formula is C32H34Cl2N4O4. The molecule has 8 nitrogen and oxygen atoms in total. The van der Waals surface area contributed by atoms with E-state index in [-0.39, 0.29) is 24.5 Å². The molecule has 2 aliphatic rings. The number of nitrogens with two attached hydrogens (primary N) is 1. The van der Waals surface area contributed by atoms with Crippen molar-refractivity contribution in [1.82, 2.24) is 9.80 Å². The Morgan fingerprint density at radius 3 is 2.24 bits per heavy atom. The van der Waals surface area contributed by atoms with Crippen molar-refractivity contribution in [3.05, 3.63) is 99.5 Å². The molecule has 2 aliphatic heterocycles. The summed E-state index contributed by atoms with van der Waals surface area (Å²) in [6, 6.07) is 22.0. The fraction of sp³-hybridized carbons (Fsp3) is 0.344. The van der Waals surface area contributed by atoms with Crippen LogP contribution in [0.25, 0.3) is 0 Å². The number of ether oxygens (including phenoxy) is 1. The molecular weight excluding hydrogens is 575 g/mol. The molecule has 0 bridgehead atoms. The molecule has 3 aromatic carbocycles. The van der Waals surface area contributed by atoms with Gasteiger partial charge in [0.25, 0.3) is 5.91 Å². The van der Waals surface area contributed by atoms with E-state index in [1.54, 1.807) is 35.2 Å². The van der Waals surface area contributed by atoms with E-state index < -0.39 is 11.0 Å². The lowest BCUT2D eigenvalue weighted by molar-refractivity contribution is -0.125. The first-order chi connectivity index (χ1) is 20.1. The molecule has 10 heteroatoms. The maximum absolute atomic E-state index is 13.5. The third-order valence-electron chi connectivity index (χ3n) is 8.47. The predicted octanol–water partition coefficient (Wildman–Crippen LogP) is 5.19. The summed E-state index contributed by atoms with van der Waals surface area (Å²) < 4.78 is 6.44. The average Bonchev–Trinajstić information content (AvgIpc) is 3.43. The van der Waals surface area contributed by atoms with Gasteiger partial charge in [-0.3, -0.25) is 14.4 Å². The fourth-order valence-corrected chi connectivity index (χ4v) is 6.29. The van der Waals surface area contributed by atoms with E-state index in [1.807, 2.05) is 42.5 Å². The van der Waals surface area contributed by atoms with Gasteiger partial charge >= 0.3 is 0 Å². The number of nitrogens with zero attached hydrogens (tertiary/aromatic N) is 2. The molecule has 0 radical (unpaired) electrons. The summed E-state index contributed by atoms with van der Waals surface area (Å²) in [4.78, 5) is 41.4. The van der Waals surface area contributed by atoms with Crippen molar-refractivity contribution in [2.75, 3.05) is 38.2 Å². The van der Waals surface area contributed by atoms with Crippen LogP contribution in [0.3, 0.4) is 0 Å². The summed E-state index contributed by atoms with van der Waals surface area (Å²) in [5.74, 6) is -0.639. The van der Waals surface area contributed by atoms with E-state index in [0.29, 0.717) is 66.7 Å². The standard InChI is InChI=1S/C32H34Cl2N4O4/c1-22(39)36-26-10-7-23(8-11-26)29(40)38-20-32(42-21-38,25-9-12-27(33)28(34)19-25)15-18-37-16-13-31(14-17-37,30(35)41)24-5-3-2-4-6-24/h2-12,19H,13-18,20-21H2,1H3,(H2,35,41)(H,36,39)/t32-/m0/s1. The molecule has 220 valence electrons. The molecule has 5 rings (SSSR count). The summed E-state index contributed by atoms with van der Waals surface area (Å²) in [6.45, 7) is 3.99. The Hall–Kier alpha value is -3.43. The molecule has 2 fully saturated rings. The van der Waals surface area contributed by atoms with Crippen molar-refractivity contribution in [1.29, 1.82) is 0 Å². The van der Waals surface area contributed by atoms with Gasteiger partial charge in [-0.05, 0) is 79.9 Å². The molecule has 1 atom stereocenters. The van der Waals surface area contributed by atoms with E-state index in [0.717, 1.165) is 11.1 Å². The lowest BCUT2D eigenvalue weighted by atomic mass is 9.72. The number of hydrogen-bond donors (Lipinski definition) is 2. The van der Waals surface area contributed by atoms with Gasteiger partial charge in [0.1, 0.15) is 12.3 Å². The summed E-state index contributed by atoms with van der Waals surface area (Å²) in [5, 5.41) is 3.57. The Morgan fingerprint density at radius 2 is 1.62 bits per heavy atom. The number of anilines is 1. The summed E-state index contributed by atoms with van der Waals surface area (Å²) in [5.41, 5.74) is 7.40. The minimum Gasteiger partial charge on any atom is -0.369 e. The molecule has 2 saturated heterocycles. The third-order valence-corrected chi connectivity index (χ3v) is 9.21. The van der Waals surface area contributed by atoms with Gasteiger partial charge in [-0.2, -0.15) is 0 Å². The second kappa shape index (κ2) is 12.4. The minimum absolute atomic E-state index is 0.116. The minimum atomic E-state index is -0.794. The number of benzene rings is 3. The first kappa shape index (κ1) is 30.0. The largest absolute Gasteiger partial charge is 0.369 e. The van der Waals surface area contributed by atoms with Crippen LogP contribution in [0.15, 0.2) is 72.8 Å². The van der Waals surface area contributed by atoms with Crippen LogP contribution in [0, 0.1) is 0 Å². The number of hydrogen-bond acceptors (Lipinski definition) is 5. The monoisotopic (exact) mass is 608 g/mol. The van der Waals surface area contributed by atoms with E-state index in [4.69, 9.17) is 33.7 Å². The number of carbonyl (C=O) groups is 3. The Bertz CT molecular complexity index is 1460. The smallest absolute Gasteiger partial charge is 0.255 e. The quantitative estimate of drug-likeness (QED) is 0.366. The van der Waals surface area contributed by atoms with Crippen LogP contribution in [0.4, 0.5) is 5.69 Å². The first-order valence-electron chi connectivity index (χ1n) is 14.0. The number of nitrogens with one attached hydrogen (secondary N) is 1. The lowest BCUT2D eigenvalue weighted by Gasteiger charge is -2.41. The van der Waals surface area contributed by atoms with E-state index in [9.17, 15) is 14.4 Å². The number of likely N-dealkylation sites (tertiary alicyclic amines) is 1. The zero-order valence-electron chi connectivity index (χ0n) is 23.4. The average molecular weight is 610 g/mol. The lowest BCUT2D eigenvalue weighted by Crippen LogP contribution is -2.50. The highest BCUT2D eigenvalue weighted by atomic mass is 35.5. The van der Waals surface area contributed by atoms with E-state index in [1.165, 1.54) is 6.92 Å². The Balaban J connectivity index is 1.31. The van der Waals surface area contributed by atoms with Crippen LogP contribution < -0.4 is 11.1 Å². The van der Waals surface area contributed by atoms with Gasteiger partial charge < -0.3 is 25.6 Å². The van der Waals surface area contributed by atoms with Gasteiger partial charge in [-0.1, -0.05) is 59.6 Å². The normalized spacial score (nSPS) is 20.3. The zero-order chi connectivity index (χ0) is 29.9. The number of carbonyl (C=O) groups excluding carboxylic acids is 3. The number of halogens is 2. The van der Waals surface area contributed by atoms with Crippen LogP contribution in [0.5, 0.6) is 0 Å². The van der Waals surface area contributed by atoms with Gasteiger partial charge in [-0.15, -0.1) is 0 Å². The van der Waals surface area contributed by atoms with Crippen molar-refractivity contribution < 1.29 is 19.1 Å². The van der Waals surface area contributed by atoms with E-state index in [2.05, 4.69) is 10.2 Å². The topological polar surface area (TPSA) is 105 Å². The van der Waals surface area contributed by atoms with Gasteiger partial charge in [-0.25, -0.2) is 0 Å². The molecule has 2 heterocycles. The van der Waals surface area contributed by atoms with Crippen LogP contribution in [0.2, 0.25) is 10.0 Å². The van der Waals surface area contributed by atoms with Crippen LogP contribution in [-0.4, -0.2) is 60.4 Å². The first-order valence-corrected chi connectivity index (χ1v) is 14.7. The maximum Gasteiger partial charge on any atom is 0.255 e. The van der Waals surface area contributed by atoms with Crippen molar-refractivity contribution >= 4 is 46.6 Å². The second-order valence-corrected chi connectivity index (χ2v) is 11.9. The van der Waals surface area contributed by atoms with Crippen molar-refractivity contribution in [2.45, 2.75) is 37.2 Å². The van der Waals surface area contributed by atoms with Gasteiger partial charge in [0, 0.05) is 24.7 Å². The number of primary amides is 1. The Labute approximate surface area is 255 Å². The molecule has 3 N–H and O–H groups in total. The van der Waals surface area contributed by atoms with E-state index >= 15 is 0 Å². The second-order valence-electron chi connectivity index (χ2n) is 11.1. The molecule has 3 aromatic rings. The van der Waals surface area contributed by atoms with Gasteiger partial charge in [0.05, 0.1) is 22.0 Å². The van der Waals surface area contributed by atoms with Crippen molar-refractivity contribution in [2.24, 2.45) is 5.73 Å². The summed E-state index contributed by atoms with van der Waals surface area (Å²) >= 11 is 12.6. The fourth-order valence-electron chi connectivity index (χ4n) is 5.99. The third kappa shape index (κ3) is 6.17. The number of amides is 3. The van der Waals surface area contributed by atoms with Crippen molar-refractivity contribution in [3.8, 4) is 0 Å². The van der Waals surface area contributed by atoms with Crippen LogP contribution >= 0.6 is 23.2 Å². The molecule has 0 saturated carbocycles. The van der Waals surface area contributed by atoms with Crippen LogP contribution in [0.1, 0.15) is 47.7 Å². The van der Waals surface area contributed by atoms with Crippen molar-refractivity contribution in [3.63, 3.8) is 0 Å². The Morgan fingerprint density at radius 1 is 0.929 bits per heavy atom. The zero-order valence-corrected chi connectivity index (χ0v) is 25.0.